The summed E-state index contributed by atoms with van der Waals surface area (Å²) in [6.07, 6.45) is 0. The number of halogens is 2. The molecule has 0 radical (unpaired) electrons. The second kappa shape index (κ2) is 6.93. The third-order valence-electron chi connectivity index (χ3n) is 3.17. The van der Waals surface area contributed by atoms with Crippen molar-refractivity contribution in [1.82, 2.24) is 9.78 Å². The molecule has 0 atom stereocenters. The van der Waals surface area contributed by atoms with E-state index >= 15 is 0 Å². The molecule has 0 saturated carbocycles. The molecule has 5 nitrogen and oxygen atoms in total. The minimum Gasteiger partial charge on any atom is -0.482 e. The van der Waals surface area contributed by atoms with Gasteiger partial charge in [0.05, 0.1) is 10.7 Å². The Hall–Kier alpha value is -1.53. The molecule has 0 aliphatic rings. The van der Waals surface area contributed by atoms with E-state index in [1.165, 1.54) is 0 Å². The molecule has 23 heavy (non-hydrogen) atoms. The van der Waals surface area contributed by atoms with E-state index in [1.807, 2.05) is 6.07 Å². The molecule has 0 aliphatic heterocycles. The number of anilines is 1. The van der Waals surface area contributed by atoms with E-state index < -0.39 is 0 Å². The maximum absolute atomic E-state index is 12.0. The monoisotopic (exact) mass is 399 g/mol. The van der Waals surface area contributed by atoms with Gasteiger partial charge >= 0.3 is 0 Å². The number of nitrogens with one attached hydrogen (secondary N) is 1. The molecular weight excluding hydrogens is 382 g/mol. The van der Waals surface area contributed by atoms with E-state index in [2.05, 4.69) is 47.1 Å². The van der Waals surface area contributed by atoms with Crippen molar-refractivity contribution in [2.45, 2.75) is 26.2 Å². The van der Waals surface area contributed by atoms with Gasteiger partial charge in [-0.1, -0.05) is 48.3 Å². The van der Waals surface area contributed by atoms with Crippen LogP contribution in [0.2, 0.25) is 5.02 Å². The number of amides is 1. The largest absolute Gasteiger partial charge is 0.482 e. The first-order valence-corrected chi connectivity index (χ1v) is 8.26. The Balaban J connectivity index is 1.99. The summed E-state index contributed by atoms with van der Waals surface area (Å²) in [6.45, 7) is 6.08. The number of carbonyl (C=O) groups is 1. The van der Waals surface area contributed by atoms with Crippen LogP contribution in [0.1, 0.15) is 26.5 Å². The average Bonchev–Trinajstić information content (AvgIpc) is 2.79. The summed E-state index contributed by atoms with van der Waals surface area (Å²) in [5, 5.41) is 7.65. The molecule has 0 bridgehead atoms. The van der Waals surface area contributed by atoms with Crippen LogP contribution in [0.4, 0.5) is 5.82 Å². The number of aromatic nitrogens is 2. The Morgan fingerprint density at radius 3 is 2.65 bits per heavy atom. The first kappa shape index (κ1) is 17.8. The SMILES string of the molecule is Cn1nc(C(C)(C)C)cc1NC(=O)COc1ccc(Br)cc1Cl. The first-order valence-electron chi connectivity index (χ1n) is 7.09. The van der Waals surface area contributed by atoms with E-state index in [9.17, 15) is 4.79 Å². The zero-order valence-corrected chi connectivity index (χ0v) is 15.8. The molecular formula is C16H19BrClN3O2. The van der Waals surface area contributed by atoms with Crippen molar-refractivity contribution in [3.8, 4) is 5.75 Å². The van der Waals surface area contributed by atoms with Crippen molar-refractivity contribution in [1.29, 1.82) is 0 Å². The van der Waals surface area contributed by atoms with E-state index in [4.69, 9.17) is 16.3 Å². The lowest BCUT2D eigenvalue weighted by Crippen LogP contribution is -2.21. The smallest absolute Gasteiger partial charge is 0.263 e. The van der Waals surface area contributed by atoms with E-state index in [0.29, 0.717) is 16.6 Å². The summed E-state index contributed by atoms with van der Waals surface area (Å²) >= 11 is 9.37. The van der Waals surface area contributed by atoms with Crippen LogP contribution in [0.15, 0.2) is 28.7 Å². The van der Waals surface area contributed by atoms with E-state index in [-0.39, 0.29) is 17.9 Å². The Labute approximate surface area is 149 Å². The van der Waals surface area contributed by atoms with Crippen molar-refractivity contribution in [3.05, 3.63) is 39.5 Å². The number of rotatable bonds is 4. The lowest BCUT2D eigenvalue weighted by atomic mass is 9.92. The minimum atomic E-state index is -0.271. The molecule has 0 spiro atoms. The first-order chi connectivity index (χ1) is 10.7. The zero-order valence-electron chi connectivity index (χ0n) is 13.5. The predicted octanol–water partition coefficient (Wildman–Crippen LogP) is 4.15. The number of nitrogens with zero attached hydrogens (tertiary/aromatic N) is 2. The standard InChI is InChI=1S/C16H19BrClN3O2/c1-16(2,3)13-8-14(21(4)20-13)19-15(22)9-23-12-6-5-10(17)7-11(12)18/h5-8H,9H2,1-4H3,(H,19,22). The van der Waals surface area contributed by atoms with Crippen LogP contribution >= 0.6 is 27.5 Å². The number of hydrogen-bond donors (Lipinski definition) is 1. The lowest BCUT2D eigenvalue weighted by molar-refractivity contribution is -0.118. The highest BCUT2D eigenvalue weighted by molar-refractivity contribution is 9.10. The van der Waals surface area contributed by atoms with Crippen molar-refractivity contribution in [3.63, 3.8) is 0 Å². The molecule has 1 amide bonds. The molecule has 1 aromatic carbocycles. The van der Waals surface area contributed by atoms with Crippen LogP contribution in [0, 0.1) is 0 Å². The van der Waals surface area contributed by atoms with E-state index in [1.54, 1.807) is 29.9 Å². The molecule has 1 aromatic heterocycles. The molecule has 2 aromatic rings. The van der Waals surface area contributed by atoms with Crippen LogP contribution in [-0.2, 0) is 17.3 Å². The molecule has 0 fully saturated rings. The van der Waals surface area contributed by atoms with Crippen LogP contribution in [0.25, 0.3) is 0 Å². The summed E-state index contributed by atoms with van der Waals surface area (Å²) in [4.78, 5) is 12.0. The van der Waals surface area contributed by atoms with Crippen LogP contribution in [-0.4, -0.2) is 22.3 Å². The fourth-order valence-corrected chi connectivity index (χ4v) is 2.59. The van der Waals surface area contributed by atoms with Gasteiger partial charge in [-0.25, -0.2) is 0 Å². The van der Waals surface area contributed by atoms with E-state index in [0.717, 1.165) is 10.2 Å². The quantitative estimate of drug-likeness (QED) is 0.839. The second-order valence-electron chi connectivity index (χ2n) is 6.20. The van der Waals surface area contributed by atoms with Crippen molar-refractivity contribution in [2.24, 2.45) is 7.05 Å². The third kappa shape index (κ3) is 4.72. The Kier molecular flexibility index (Phi) is 5.37. The fraction of sp³-hybridized carbons (Fsp3) is 0.375. The summed E-state index contributed by atoms with van der Waals surface area (Å²) < 4.78 is 7.94. The minimum absolute atomic E-state index is 0.0812. The van der Waals surface area contributed by atoms with Crippen molar-refractivity contribution >= 4 is 39.3 Å². The molecule has 2 rings (SSSR count). The molecule has 1 N–H and O–H groups in total. The Morgan fingerprint density at radius 2 is 2.09 bits per heavy atom. The second-order valence-corrected chi connectivity index (χ2v) is 7.52. The number of hydrogen-bond acceptors (Lipinski definition) is 3. The van der Waals surface area contributed by atoms with Gasteiger partial charge in [-0.15, -0.1) is 0 Å². The summed E-state index contributed by atoms with van der Waals surface area (Å²) in [6, 6.07) is 7.09. The fourth-order valence-electron chi connectivity index (χ4n) is 1.87. The summed E-state index contributed by atoms with van der Waals surface area (Å²) in [7, 11) is 1.79. The average molecular weight is 401 g/mol. The summed E-state index contributed by atoms with van der Waals surface area (Å²) in [5.74, 6) is 0.822. The molecule has 124 valence electrons. The normalized spacial score (nSPS) is 11.4. The zero-order chi connectivity index (χ0) is 17.2. The van der Waals surface area contributed by atoms with Gasteiger partial charge in [-0.2, -0.15) is 5.10 Å². The molecule has 0 unspecified atom stereocenters. The lowest BCUT2D eigenvalue weighted by Gasteiger charge is -2.13. The highest BCUT2D eigenvalue weighted by atomic mass is 79.9. The van der Waals surface area contributed by atoms with Crippen LogP contribution < -0.4 is 10.1 Å². The van der Waals surface area contributed by atoms with Gasteiger partial charge in [0.1, 0.15) is 11.6 Å². The third-order valence-corrected chi connectivity index (χ3v) is 3.96. The number of benzene rings is 1. The molecule has 1 heterocycles. The number of carbonyl (C=O) groups excluding carboxylic acids is 1. The van der Waals surface area contributed by atoms with Crippen molar-refractivity contribution in [2.75, 3.05) is 11.9 Å². The van der Waals surface area contributed by atoms with Gasteiger partial charge < -0.3 is 10.1 Å². The molecule has 0 aliphatic carbocycles. The number of ether oxygens (including phenoxy) is 1. The van der Waals surface area contributed by atoms with Gasteiger partial charge in [0.25, 0.3) is 5.91 Å². The number of aryl methyl sites for hydroxylation is 1. The molecule has 0 saturated heterocycles. The topological polar surface area (TPSA) is 56.2 Å². The highest BCUT2D eigenvalue weighted by Crippen LogP contribution is 2.28. The van der Waals surface area contributed by atoms with Crippen molar-refractivity contribution < 1.29 is 9.53 Å². The van der Waals surface area contributed by atoms with Gasteiger partial charge in [-0.05, 0) is 18.2 Å². The van der Waals surface area contributed by atoms with Crippen LogP contribution in [0.3, 0.4) is 0 Å². The maximum atomic E-state index is 12.0. The molecule has 7 heteroatoms. The highest BCUT2D eigenvalue weighted by Gasteiger charge is 2.19. The Bertz CT molecular complexity index is 723. The van der Waals surface area contributed by atoms with Gasteiger partial charge in [0.2, 0.25) is 0 Å². The van der Waals surface area contributed by atoms with Crippen LogP contribution in [0.5, 0.6) is 5.75 Å². The predicted molar refractivity (Wildman–Crippen MR) is 95.2 cm³/mol. The van der Waals surface area contributed by atoms with Gasteiger partial charge in [-0.3, -0.25) is 9.48 Å². The Morgan fingerprint density at radius 1 is 1.39 bits per heavy atom. The maximum Gasteiger partial charge on any atom is 0.263 e. The van der Waals surface area contributed by atoms with Gasteiger partial charge in [0.15, 0.2) is 6.61 Å². The summed E-state index contributed by atoms with van der Waals surface area (Å²) in [5.41, 5.74) is 0.828. The van der Waals surface area contributed by atoms with Gasteiger partial charge in [0, 0.05) is 23.0 Å².